The minimum atomic E-state index is -0.216. The molecule has 1 aromatic carbocycles. The van der Waals surface area contributed by atoms with Crippen LogP contribution in [-0.4, -0.2) is 11.5 Å². The summed E-state index contributed by atoms with van der Waals surface area (Å²) in [6.07, 6.45) is 5.38. The van der Waals surface area contributed by atoms with E-state index in [2.05, 4.69) is 33.2 Å². The highest BCUT2D eigenvalue weighted by molar-refractivity contribution is 9.10. The van der Waals surface area contributed by atoms with E-state index < -0.39 is 0 Å². The van der Waals surface area contributed by atoms with Crippen LogP contribution in [0.15, 0.2) is 47.2 Å². The van der Waals surface area contributed by atoms with Gasteiger partial charge in [0.2, 0.25) is 0 Å². The van der Waals surface area contributed by atoms with Gasteiger partial charge in [0.15, 0.2) is 0 Å². The summed E-state index contributed by atoms with van der Waals surface area (Å²) in [7, 11) is 0. The molecule has 2 rings (SSSR count). The molecule has 0 fully saturated rings. The Morgan fingerprint density at radius 2 is 2.00 bits per heavy atom. The van der Waals surface area contributed by atoms with E-state index in [4.69, 9.17) is 0 Å². The summed E-state index contributed by atoms with van der Waals surface area (Å²) >= 11 is 3.33. The molecular formula is C16H18BrFN2. The van der Waals surface area contributed by atoms with E-state index in [1.54, 1.807) is 18.5 Å². The number of hydrogen-bond donors (Lipinski definition) is 1. The lowest BCUT2D eigenvalue weighted by Crippen LogP contribution is -2.24. The Morgan fingerprint density at radius 1 is 1.25 bits per heavy atom. The first-order valence-corrected chi connectivity index (χ1v) is 7.58. The highest BCUT2D eigenvalue weighted by Crippen LogP contribution is 2.25. The maximum atomic E-state index is 13.6. The first kappa shape index (κ1) is 15.1. The number of rotatable bonds is 6. The third-order valence-corrected chi connectivity index (χ3v) is 4.09. The monoisotopic (exact) mass is 336 g/mol. The molecule has 0 saturated heterocycles. The first-order chi connectivity index (χ1) is 9.72. The summed E-state index contributed by atoms with van der Waals surface area (Å²) in [6.45, 7) is 3.06. The molecule has 0 saturated carbocycles. The summed E-state index contributed by atoms with van der Waals surface area (Å²) in [5, 5.41) is 3.51. The Labute approximate surface area is 127 Å². The van der Waals surface area contributed by atoms with Crippen LogP contribution in [0.2, 0.25) is 0 Å². The van der Waals surface area contributed by atoms with Crippen LogP contribution in [0.25, 0.3) is 0 Å². The highest BCUT2D eigenvalue weighted by Gasteiger charge is 2.14. The molecule has 20 heavy (non-hydrogen) atoms. The number of halogens is 2. The van der Waals surface area contributed by atoms with Crippen molar-refractivity contribution in [2.24, 2.45) is 0 Å². The van der Waals surface area contributed by atoms with Gasteiger partial charge < -0.3 is 5.32 Å². The number of hydrogen-bond acceptors (Lipinski definition) is 2. The van der Waals surface area contributed by atoms with E-state index >= 15 is 0 Å². The number of nitrogens with zero attached hydrogens (tertiary/aromatic N) is 1. The van der Waals surface area contributed by atoms with Gasteiger partial charge in [-0.3, -0.25) is 4.98 Å². The predicted molar refractivity (Wildman–Crippen MR) is 83.1 cm³/mol. The summed E-state index contributed by atoms with van der Waals surface area (Å²) in [6, 6.07) is 9.33. The van der Waals surface area contributed by atoms with Gasteiger partial charge in [-0.2, -0.15) is 0 Å². The fourth-order valence-corrected chi connectivity index (χ4v) is 2.57. The van der Waals surface area contributed by atoms with Crippen LogP contribution in [0.5, 0.6) is 0 Å². The van der Waals surface area contributed by atoms with Crippen molar-refractivity contribution in [2.75, 3.05) is 6.54 Å². The lowest BCUT2D eigenvalue weighted by molar-refractivity contribution is 0.525. The van der Waals surface area contributed by atoms with Gasteiger partial charge in [0.1, 0.15) is 5.82 Å². The molecule has 0 spiro atoms. The molecule has 0 aliphatic rings. The van der Waals surface area contributed by atoms with Crippen molar-refractivity contribution in [1.29, 1.82) is 0 Å². The second-order valence-corrected chi connectivity index (χ2v) is 5.50. The van der Waals surface area contributed by atoms with Crippen LogP contribution < -0.4 is 5.32 Å². The zero-order valence-electron chi connectivity index (χ0n) is 11.4. The zero-order valence-corrected chi connectivity index (χ0v) is 13.0. The molecule has 0 aliphatic carbocycles. The molecule has 1 unspecified atom stereocenters. The molecule has 0 amide bonds. The minimum absolute atomic E-state index is 0.163. The minimum Gasteiger partial charge on any atom is -0.310 e. The van der Waals surface area contributed by atoms with Crippen molar-refractivity contribution in [2.45, 2.75) is 25.8 Å². The van der Waals surface area contributed by atoms with Gasteiger partial charge in [-0.05, 0) is 64.6 Å². The average Bonchev–Trinajstić information content (AvgIpc) is 2.48. The van der Waals surface area contributed by atoms with Crippen LogP contribution in [0.4, 0.5) is 4.39 Å². The molecule has 2 aromatic rings. The Morgan fingerprint density at radius 3 is 2.70 bits per heavy atom. The summed E-state index contributed by atoms with van der Waals surface area (Å²) in [5.74, 6) is -0.216. The maximum absolute atomic E-state index is 13.6. The van der Waals surface area contributed by atoms with Gasteiger partial charge in [-0.1, -0.05) is 19.1 Å². The van der Waals surface area contributed by atoms with Gasteiger partial charge in [-0.15, -0.1) is 0 Å². The third kappa shape index (κ3) is 3.87. The summed E-state index contributed by atoms with van der Waals surface area (Å²) in [4.78, 5) is 4.05. The molecular weight excluding hydrogens is 319 g/mol. The van der Waals surface area contributed by atoms with Gasteiger partial charge in [0.05, 0.1) is 4.47 Å². The molecule has 4 heteroatoms. The topological polar surface area (TPSA) is 24.9 Å². The van der Waals surface area contributed by atoms with Crippen molar-refractivity contribution in [1.82, 2.24) is 10.3 Å². The predicted octanol–water partition coefficient (Wildman–Crippen LogP) is 4.27. The van der Waals surface area contributed by atoms with E-state index in [9.17, 15) is 4.39 Å². The lowest BCUT2D eigenvalue weighted by Gasteiger charge is -2.19. The average molecular weight is 337 g/mol. The van der Waals surface area contributed by atoms with Gasteiger partial charge in [0.25, 0.3) is 0 Å². The molecule has 2 nitrogen and oxygen atoms in total. The van der Waals surface area contributed by atoms with Crippen LogP contribution in [0, 0.1) is 5.82 Å². The molecule has 1 N–H and O–H groups in total. The maximum Gasteiger partial charge on any atom is 0.137 e. The van der Waals surface area contributed by atoms with Gasteiger partial charge in [0, 0.05) is 18.4 Å². The van der Waals surface area contributed by atoms with E-state index in [0.29, 0.717) is 4.47 Å². The van der Waals surface area contributed by atoms with E-state index in [1.807, 2.05) is 18.2 Å². The molecule has 1 heterocycles. The van der Waals surface area contributed by atoms with Crippen molar-refractivity contribution in [3.63, 3.8) is 0 Å². The number of benzene rings is 1. The van der Waals surface area contributed by atoms with Crippen LogP contribution in [0.3, 0.4) is 0 Å². The van der Waals surface area contributed by atoms with Crippen molar-refractivity contribution in [3.05, 3.63) is 64.1 Å². The quantitative estimate of drug-likeness (QED) is 0.852. The fourth-order valence-electron chi connectivity index (χ4n) is 2.15. The Kier molecular flexibility index (Phi) is 5.68. The number of nitrogens with one attached hydrogen (secondary N) is 1. The van der Waals surface area contributed by atoms with Gasteiger partial charge in [-0.25, -0.2) is 4.39 Å². The van der Waals surface area contributed by atoms with Crippen molar-refractivity contribution in [3.8, 4) is 0 Å². The second-order valence-electron chi connectivity index (χ2n) is 4.70. The van der Waals surface area contributed by atoms with E-state index in [0.717, 1.165) is 24.9 Å². The Hall–Kier alpha value is -1.26. The lowest BCUT2D eigenvalue weighted by atomic mass is 9.99. The van der Waals surface area contributed by atoms with Crippen LogP contribution in [0.1, 0.15) is 30.5 Å². The summed E-state index contributed by atoms with van der Waals surface area (Å²) < 4.78 is 14.2. The third-order valence-electron chi connectivity index (χ3n) is 3.20. The largest absolute Gasteiger partial charge is 0.310 e. The van der Waals surface area contributed by atoms with E-state index in [-0.39, 0.29) is 11.9 Å². The standard InChI is InChI=1S/C16H18BrFN2/c1-2-8-20-15(12-6-9-19-10-7-12)11-13-4-3-5-14(18)16(13)17/h3-7,9-10,15,20H,2,8,11H2,1H3. The van der Waals surface area contributed by atoms with Gasteiger partial charge >= 0.3 is 0 Å². The molecule has 0 aliphatic heterocycles. The normalized spacial score (nSPS) is 12.3. The molecule has 106 valence electrons. The molecule has 0 bridgehead atoms. The van der Waals surface area contributed by atoms with E-state index in [1.165, 1.54) is 11.6 Å². The summed E-state index contributed by atoms with van der Waals surface area (Å²) in [5.41, 5.74) is 2.14. The smallest absolute Gasteiger partial charge is 0.137 e. The Bertz CT molecular complexity index is 545. The zero-order chi connectivity index (χ0) is 14.4. The van der Waals surface area contributed by atoms with Crippen molar-refractivity contribution >= 4 is 15.9 Å². The molecule has 1 atom stereocenters. The number of pyridine rings is 1. The molecule has 0 radical (unpaired) electrons. The highest BCUT2D eigenvalue weighted by atomic mass is 79.9. The SMILES string of the molecule is CCCNC(Cc1cccc(F)c1Br)c1ccncc1. The number of aromatic nitrogens is 1. The fraction of sp³-hybridized carbons (Fsp3) is 0.312. The first-order valence-electron chi connectivity index (χ1n) is 6.78. The van der Waals surface area contributed by atoms with Crippen LogP contribution in [-0.2, 0) is 6.42 Å². The second kappa shape index (κ2) is 7.50. The Balaban J connectivity index is 2.21. The van der Waals surface area contributed by atoms with Crippen molar-refractivity contribution < 1.29 is 4.39 Å². The molecule has 1 aromatic heterocycles. The van der Waals surface area contributed by atoms with Crippen LogP contribution >= 0.6 is 15.9 Å².